The zero-order valence-corrected chi connectivity index (χ0v) is 14.3. The van der Waals surface area contributed by atoms with Crippen LogP contribution in [0.5, 0.6) is 5.75 Å². The van der Waals surface area contributed by atoms with Gasteiger partial charge in [-0.05, 0) is 41.8 Å². The zero-order chi connectivity index (χ0) is 18.0. The summed E-state index contributed by atoms with van der Waals surface area (Å²) in [5, 5.41) is 13.0. The van der Waals surface area contributed by atoms with Crippen molar-refractivity contribution >= 4 is 11.6 Å². The van der Waals surface area contributed by atoms with Crippen LogP contribution in [0.2, 0.25) is 0 Å². The fraction of sp³-hybridized carbons (Fsp3) is 0.316. The molecule has 2 N–H and O–H groups in total. The number of nitrogens with one attached hydrogen (secondary N) is 1. The molecule has 1 heterocycles. The van der Waals surface area contributed by atoms with E-state index in [9.17, 15) is 14.3 Å². The highest BCUT2D eigenvalue weighted by atomic mass is 19.1. The van der Waals surface area contributed by atoms with E-state index in [-0.39, 0.29) is 17.9 Å². The molecule has 5 nitrogen and oxygen atoms in total. The maximum Gasteiger partial charge on any atom is 0.251 e. The van der Waals surface area contributed by atoms with E-state index in [4.69, 9.17) is 4.74 Å². The number of likely N-dealkylation sites (N-methyl/N-ethyl adjacent to an activating group) is 1. The third-order valence-electron chi connectivity index (χ3n) is 4.49. The number of hydrogen-bond donors (Lipinski definition) is 2. The molecule has 2 aromatic rings. The average molecular weight is 344 g/mol. The van der Waals surface area contributed by atoms with Crippen LogP contribution >= 0.6 is 0 Å². The smallest absolute Gasteiger partial charge is 0.251 e. The van der Waals surface area contributed by atoms with Crippen molar-refractivity contribution in [1.29, 1.82) is 0 Å². The number of hydrogen-bond acceptors (Lipinski definition) is 4. The quantitative estimate of drug-likeness (QED) is 0.874. The summed E-state index contributed by atoms with van der Waals surface area (Å²) in [6.45, 7) is 1.02. The Kier molecular flexibility index (Phi) is 4.90. The topological polar surface area (TPSA) is 61.8 Å². The predicted octanol–water partition coefficient (Wildman–Crippen LogP) is 2.29. The second kappa shape index (κ2) is 7.11. The Bertz CT molecular complexity index is 794. The molecule has 0 unspecified atom stereocenters. The van der Waals surface area contributed by atoms with Gasteiger partial charge in [0.15, 0.2) is 11.6 Å². The highest BCUT2D eigenvalue weighted by Gasteiger charge is 2.18. The average Bonchev–Trinajstić information content (AvgIpc) is 2.99. The molecule has 1 aliphatic rings. The van der Waals surface area contributed by atoms with Crippen molar-refractivity contribution in [3.63, 3.8) is 0 Å². The van der Waals surface area contributed by atoms with Crippen LogP contribution < -0.4 is 15.0 Å². The number of aliphatic hydroxyl groups excluding tert-OH is 1. The Labute approximate surface area is 146 Å². The molecule has 0 spiro atoms. The van der Waals surface area contributed by atoms with Gasteiger partial charge < -0.3 is 20.1 Å². The number of carbonyl (C=O) groups excluding carboxylic acids is 1. The van der Waals surface area contributed by atoms with Crippen molar-refractivity contribution in [1.82, 2.24) is 5.32 Å². The molecule has 3 rings (SSSR count). The minimum Gasteiger partial charge on any atom is -0.494 e. The number of methoxy groups -OCH3 is 1. The minimum atomic E-state index is -0.816. The van der Waals surface area contributed by atoms with Gasteiger partial charge in [0.1, 0.15) is 0 Å². The lowest BCUT2D eigenvalue weighted by Crippen LogP contribution is -2.28. The summed E-state index contributed by atoms with van der Waals surface area (Å²) in [5.74, 6) is -0.959. The van der Waals surface area contributed by atoms with Gasteiger partial charge in [-0.3, -0.25) is 4.79 Å². The molecule has 25 heavy (non-hydrogen) atoms. The monoisotopic (exact) mass is 344 g/mol. The van der Waals surface area contributed by atoms with Crippen molar-refractivity contribution in [2.75, 3.05) is 32.1 Å². The zero-order valence-electron chi connectivity index (χ0n) is 14.3. The fourth-order valence-electron chi connectivity index (χ4n) is 3.01. The van der Waals surface area contributed by atoms with Gasteiger partial charge in [0.05, 0.1) is 13.2 Å². The van der Waals surface area contributed by atoms with Crippen LogP contribution in [0.25, 0.3) is 0 Å². The van der Waals surface area contributed by atoms with E-state index >= 15 is 0 Å². The summed E-state index contributed by atoms with van der Waals surface area (Å²) in [6.07, 6.45) is 0.132. The van der Waals surface area contributed by atoms with Crippen LogP contribution in [-0.2, 0) is 6.42 Å². The normalized spacial score (nSPS) is 14.2. The van der Waals surface area contributed by atoms with E-state index in [0.29, 0.717) is 0 Å². The number of nitrogens with zero attached hydrogens (tertiary/aromatic N) is 1. The van der Waals surface area contributed by atoms with Gasteiger partial charge in [-0.15, -0.1) is 0 Å². The number of anilines is 1. The van der Waals surface area contributed by atoms with E-state index < -0.39 is 17.8 Å². The van der Waals surface area contributed by atoms with Gasteiger partial charge in [0.2, 0.25) is 0 Å². The number of benzene rings is 2. The lowest BCUT2D eigenvalue weighted by atomic mass is 10.0. The molecule has 6 heteroatoms. The van der Waals surface area contributed by atoms with E-state index in [0.717, 1.165) is 24.6 Å². The Morgan fingerprint density at radius 2 is 2.16 bits per heavy atom. The Morgan fingerprint density at radius 3 is 2.88 bits per heavy atom. The van der Waals surface area contributed by atoms with E-state index in [2.05, 4.69) is 10.2 Å². The van der Waals surface area contributed by atoms with Crippen LogP contribution in [0.15, 0.2) is 36.4 Å². The molecule has 0 aliphatic carbocycles. The molecule has 2 aromatic carbocycles. The third-order valence-corrected chi connectivity index (χ3v) is 4.49. The summed E-state index contributed by atoms with van der Waals surface area (Å²) in [5.41, 5.74) is 3.31. The Hall–Kier alpha value is -2.60. The number of carbonyl (C=O) groups is 1. The summed E-state index contributed by atoms with van der Waals surface area (Å²) in [6, 6.07) is 9.83. The molecule has 1 aliphatic heterocycles. The van der Waals surface area contributed by atoms with E-state index in [1.807, 2.05) is 25.2 Å². The SMILES string of the molecule is COc1ccc(C(=O)NC[C@@H](O)c2ccc3c(c2)CCN3C)cc1F. The molecule has 0 bridgehead atoms. The highest BCUT2D eigenvalue weighted by Crippen LogP contribution is 2.29. The first-order valence-electron chi connectivity index (χ1n) is 8.13. The van der Waals surface area contributed by atoms with Crippen molar-refractivity contribution in [3.05, 3.63) is 58.9 Å². The number of fused-ring (bicyclic) bond motifs is 1. The molecule has 0 saturated carbocycles. The third kappa shape index (κ3) is 3.58. The summed E-state index contributed by atoms with van der Waals surface area (Å²) in [7, 11) is 3.40. The maximum atomic E-state index is 13.7. The first-order chi connectivity index (χ1) is 12.0. The number of rotatable bonds is 5. The molecular weight excluding hydrogens is 323 g/mol. The molecule has 0 saturated heterocycles. The first kappa shape index (κ1) is 17.2. The van der Waals surface area contributed by atoms with Crippen molar-refractivity contribution in [2.45, 2.75) is 12.5 Å². The van der Waals surface area contributed by atoms with Crippen LogP contribution in [0.4, 0.5) is 10.1 Å². The summed E-state index contributed by atoms with van der Waals surface area (Å²) in [4.78, 5) is 14.3. The second-order valence-corrected chi connectivity index (χ2v) is 6.13. The Morgan fingerprint density at radius 1 is 1.36 bits per heavy atom. The molecule has 0 radical (unpaired) electrons. The lowest BCUT2D eigenvalue weighted by Gasteiger charge is -2.15. The second-order valence-electron chi connectivity index (χ2n) is 6.13. The van der Waals surface area contributed by atoms with Crippen LogP contribution in [0, 0.1) is 5.82 Å². The molecule has 132 valence electrons. The van der Waals surface area contributed by atoms with Crippen molar-refractivity contribution in [2.24, 2.45) is 0 Å². The van der Waals surface area contributed by atoms with Gasteiger partial charge >= 0.3 is 0 Å². The van der Waals surface area contributed by atoms with Gasteiger partial charge in [-0.2, -0.15) is 0 Å². The van der Waals surface area contributed by atoms with E-state index in [1.165, 1.54) is 30.5 Å². The van der Waals surface area contributed by atoms with Crippen LogP contribution in [0.3, 0.4) is 0 Å². The predicted molar refractivity (Wildman–Crippen MR) is 93.7 cm³/mol. The van der Waals surface area contributed by atoms with Gasteiger partial charge in [0, 0.05) is 31.4 Å². The summed E-state index contributed by atoms with van der Waals surface area (Å²) >= 11 is 0. The summed E-state index contributed by atoms with van der Waals surface area (Å²) < 4.78 is 18.5. The maximum absolute atomic E-state index is 13.7. The van der Waals surface area contributed by atoms with Gasteiger partial charge in [-0.1, -0.05) is 12.1 Å². The van der Waals surface area contributed by atoms with Crippen molar-refractivity contribution < 1.29 is 19.0 Å². The number of amides is 1. The minimum absolute atomic E-state index is 0.0567. The molecule has 0 fully saturated rings. The molecule has 0 aromatic heterocycles. The molecule has 1 amide bonds. The molecular formula is C19H21FN2O3. The number of ether oxygens (including phenoxy) is 1. The number of aliphatic hydroxyl groups is 1. The molecule has 1 atom stereocenters. The lowest BCUT2D eigenvalue weighted by molar-refractivity contribution is 0.0916. The highest BCUT2D eigenvalue weighted by molar-refractivity contribution is 5.94. The largest absolute Gasteiger partial charge is 0.494 e. The van der Waals surface area contributed by atoms with Gasteiger partial charge in [-0.25, -0.2) is 4.39 Å². The van der Waals surface area contributed by atoms with Crippen molar-refractivity contribution in [3.8, 4) is 5.75 Å². The van der Waals surface area contributed by atoms with Crippen LogP contribution in [-0.4, -0.2) is 38.3 Å². The Balaban J connectivity index is 1.63. The van der Waals surface area contributed by atoms with E-state index in [1.54, 1.807) is 0 Å². The fourth-order valence-corrected chi connectivity index (χ4v) is 3.01. The number of halogens is 1. The standard InChI is InChI=1S/C19H21FN2O3/c1-22-8-7-12-9-13(3-5-16(12)22)17(23)11-21-19(24)14-4-6-18(25-2)15(20)10-14/h3-6,9-10,17,23H,7-8,11H2,1-2H3,(H,21,24)/t17-/m1/s1. The van der Waals surface area contributed by atoms with Crippen LogP contribution in [0.1, 0.15) is 27.6 Å². The van der Waals surface area contributed by atoms with Gasteiger partial charge in [0.25, 0.3) is 5.91 Å². The first-order valence-corrected chi connectivity index (χ1v) is 8.13.